The van der Waals surface area contributed by atoms with Crippen LogP contribution in [0, 0.1) is 6.92 Å². The summed E-state index contributed by atoms with van der Waals surface area (Å²) in [5.41, 5.74) is 2.93. The van der Waals surface area contributed by atoms with Crippen molar-refractivity contribution >= 4 is 45.0 Å². The normalized spacial score (nSPS) is 13.9. The standard InChI is InChI=1S/C23H21ClN2O3S2/c1-16-6-9-18(10-7-16)30-13-12-25-23(27)15-26-21-11-8-17(24)14-20(21)19-4-2-3-5-22(19)31(26,28)29/h2-11,14H,12-13,15H2,1H3,(H,25,27). The van der Waals surface area contributed by atoms with E-state index in [0.29, 0.717) is 34.1 Å². The lowest BCUT2D eigenvalue weighted by atomic mass is 10.0. The monoisotopic (exact) mass is 472 g/mol. The number of carbonyl (C=O) groups excluding carboxylic acids is 1. The van der Waals surface area contributed by atoms with Gasteiger partial charge < -0.3 is 5.32 Å². The highest BCUT2D eigenvalue weighted by atomic mass is 35.5. The summed E-state index contributed by atoms with van der Waals surface area (Å²) in [7, 11) is -3.86. The minimum atomic E-state index is -3.86. The van der Waals surface area contributed by atoms with E-state index in [4.69, 9.17) is 11.6 Å². The van der Waals surface area contributed by atoms with Gasteiger partial charge in [-0.05, 0) is 43.3 Å². The van der Waals surface area contributed by atoms with Crippen molar-refractivity contribution in [1.82, 2.24) is 5.32 Å². The maximum atomic E-state index is 13.2. The maximum absolute atomic E-state index is 13.2. The summed E-state index contributed by atoms with van der Waals surface area (Å²) in [6, 6.07) is 19.9. The second-order valence-electron chi connectivity index (χ2n) is 7.18. The summed E-state index contributed by atoms with van der Waals surface area (Å²) in [5.74, 6) is 0.338. The van der Waals surface area contributed by atoms with Crippen LogP contribution in [0.25, 0.3) is 11.1 Å². The van der Waals surface area contributed by atoms with Crippen molar-refractivity contribution in [3.8, 4) is 11.1 Å². The van der Waals surface area contributed by atoms with Crippen LogP contribution in [0.3, 0.4) is 0 Å². The first-order valence-corrected chi connectivity index (χ1v) is 12.5. The minimum Gasteiger partial charge on any atom is -0.354 e. The lowest BCUT2D eigenvalue weighted by Gasteiger charge is -2.31. The number of hydrogen-bond donors (Lipinski definition) is 1. The number of aryl methyl sites for hydroxylation is 1. The molecule has 0 bridgehead atoms. The van der Waals surface area contributed by atoms with E-state index in [-0.39, 0.29) is 17.3 Å². The molecule has 0 radical (unpaired) electrons. The highest BCUT2D eigenvalue weighted by molar-refractivity contribution is 7.99. The largest absolute Gasteiger partial charge is 0.354 e. The molecule has 160 valence electrons. The molecule has 8 heteroatoms. The lowest BCUT2D eigenvalue weighted by Crippen LogP contribution is -2.43. The van der Waals surface area contributed by atoms with Gasteiger partial charge in [-0.1, -0.05) is 47.5 Å². The van der Waals surface area contributed by atoms with Gasteiger partial charge in [-0.3, -0.25) is 9.10 Å². The average molecular weight is 473 g/mol. The quantitative estimate of drug-likeness (QED) is 0.416. The van der Waals surface area contributed by atoms with Crippen molar-refractivity contribution < 1.29 is 13.2 Å². The SMILES string of the molecule is Cc1ccc(SCCNC(=O)CN2c3ccc(Cl)cc3-c3ccccc3S2(=O)=O)cc1. The van der Waals surface area contributed by atoms with Crippen molar-refractivity contribution in [3.05, 3.63) is 77.3 Å². The first-order valence-electron chi connectivity index (χ1n) is 9.74. The van der Waals surface area contributed by atoms with E-state index >= 15 is 0 Å². The third-order valence-electron chi connectivity index (χ3n) is 4.97. The number of nitrogens with zero attached hydrogens (tertiary/aromatic N) is 1. The van der Waals surface area contributed by atoms with Crippen LogP contribution in [-0.4, -0.2) is 33.2 Å². The van der Waals surface area contributed by atoms with Gasteiger partial charge in [0.15, 0.2) is 0 Å². The van der Waals surface area contributed by atoms with E-state index in [1.54, 1.807) is 54.2 Å². The zero-order valence-electron chi connectivity index (χ0n) is 16.8. The maximum Gasteiger partial charge on any atom is 0.265 e. The number of rotatable bonds is 6. The Morgan fingerprint density at radius 2 is 1.77 bits per heavy atom. The number of nitrogens with one attached hydrogen (secondary N) is 1. The topological polar surface area (TPSA) is 66.5 Å². The van der Waals surface area contributed by atoms with Gasteiger partial charge in [0.25, 0.3) is 10.0 Å². The third-order valence-corrected chi connectivity index (χ3v) is 8.04. The van der Waals surface area contributed by atoms with Crippen LogP contribution in [0.4, 0.5) is 5.69 Å². The summed E-state index contributed by atoms with van der Waals surface area (Å²) < 4.78 is 27.6. The molecule has 0 saturated carbocycles. The van der Waals surface area contributed by atoms with E-state index in [9.17, 15) is 13.2 Å². The van der Waals surface area contributed by atoms with Crippen molar-refractivity contribution in [2.45, 2.75) is 16.7 Å². The number of thioether (sulfide) groups is 1. The molecule has 1 aliphatic rings. The fourth-order valence-corrected chi connectivity index (χ4v) is 6.04. The molecule has 1 amide bonds. The van der Waals surface area contributed by atoms with Gasteiger partial charge in [0, 0.05) is 33.3 Å². The van der Waals surface area contributed by atoms with Crippen LogP contribution < -0.4 is 9.62 Å². The molecular weight excluding hydrogens is 452 g/mol. The number of carbonyl (C=O) groups is 1. The van der Waals surface area contributed by atoms with Gasteiger partial charge >= 0.3 is 0 Å². The summed E-state index contributed by atoms with van der Waals surface area (Å²) in [6.07, 6.45) is 0. The van der Waals surface area contributed by atoms with E-state index in [2.05, 4.69) is 5.32 Å². The second kappa shape index (κ2) is 8.94. The number of sulfonamides is 1. The van der Waals surface area contributed by atoms with Gasteiger partial charge in [0.05, 0.1) is 10.6 Å². The number of benzene rings is 3. The predicted octanol–water partition coefficient (Wildman–Crippen LogP) is 4.73. The van der Waals surface area contributed by atoms with Crippen LogP contribution in [0.15, 0.2) is 76.5 Å². The van der Waals surface area contributed by atoms with Crippen LogP contribution in [0.1, 0.15) is 5.56 Å². The molecule has 0 aliphatic carbocycles. The van der Waals surface area contributed by atoms with Crippen molar-refractivity contribution in [2.75, 3.05) is 23.1 Å². The first kappa shape index (κ1) is 21.7. The minimum absolute atomic E-state index is 0.174. The molecule has 0 atom stereocenters. The molecule has 0 saturated heterocycles. The molecule has 3 aromatic rings. The molecule has 0 spiro atoms. The first-order chi connectivity index (χ1) is 14.9. The molecule has 0 aromatic heterocycles. The Bertz CT molecular complexity index is 1230. The number of anilines is 1. The van der Waals surface area contributed by atoms with Gasteiger partial charge in [0.2, 0.25) is 5.91 Å². The fraction of sp³-hybridized carbons (Fsp3) is 0.174. The molecule has 0 unspecified atom stereocenters. The highest BCUT2D eigenvalue weighted by Crippen LogP contribution is 2.43. The average Bonchev–Trinajstić information content (AvgIpc) is 2.76. The Morgan fingerprint density at radius 1 is 1.03 bits per heavy atom. The van der Waals surface area contributed by atoms with E-state index in [1.807, 2.05) is 31.2 Å². The van der Waals surface area contributed by atoms with E-state index in [1.165, 1.54) is 5.56 Å². The van der Waals surface area contributed by atoms with E-state index in [0.717, 1.165) is 9.20 Å². The zero-order valence-corrected chi connectivity index (χ0v) is 19.2. The Labute approximate surface area is 191 Å². The third kappa shape index (κ3) is 4.59. The molecule has 3 aromatic carbocycles. The molecule has 1 aliphatic heterocycles. The molecule has 1 N–H and O–H groups in total. The molecular formula is C23H21ClN2O3S2. The Kier molecular flexibility index (Phi) is 6.27. The smallest absolute Gasteiger partial charge is 0.265 e. The number of amides is 1. The van der Waals surface area contributed by atoms with Gasteiger partial charge in [-0.2, -0.15) is 0 Å². The molecule has 31 heavy (non-hydrogen) atoms. The van der Waals surface area contributed by atoms with Crippen LogP contribution in [0.5, 0.6) is 0 Å². The summed E-state index contributed by atoms with van der Waals surface area (Å²) >= 11 is 7.80. The van der Waals surface area contributed by atoms with Crippen molar-refractivity contribution in [3.63, 3.8) is 0 Å². The Morgan fingerprint density at radius 3 is 2.55 bits per heavy atom. The predicted molar refractivity (Wildman–Crippen MR) is 126 cm³/mol. The number of hydrogen-bond acceptors (Lipinski definition) is 4. The van der Waals surface area contributed by atoms with Crippen molar-refractivity contribution in [2.24, 2.45) is 0 Å². The summed E-state index contributed by atoms with van der Waals surface area (Å²) in [5, 5.41) is 3.33. The number of halogens is 1. The van der Waals surface area contributed by atoms with Gasteiger partial charge in [0.1, 0.15) is 6.54 Å². The van der Waals surface area contributed by atoms with E-state index < -0.39 is 10.0 Å². The Balaban J connectivity index is 1.47. The van der Waals surface area contributed by atoms with Crippen molar-refractivity contribution in [1.29, 1.82) is 0 Å². The van der Waals surface area contributed by atoms with Crippen LogP contribution in [0.2, 0.25) is 5.02 Å². The van der Waals surface area contributed by atoms with Gasteiger partial charge in [-0.15, -0.1) is 11.8 Å². The van der Waals surface area contributed by atoms with Crippen LogP contribution >= 0.6 is 23.4 Å². The summed E-state index contributed by atoms with van der Waals surface area (Å²) in [6.45, 7) is 2.18. The fourth-order valence-electron chi connectivity index (χ4n) is 3.45. The molecule has 5 nitrogen and oxygen atoms in total. The highest BCUT2D eigenvalue weighted by Gasteiger charge is 2.35. The van der Waals surface area contributed by atoms with Crippen LogP contribution in [-0.2, 0) is 14.8 Å². The number of fused-ring (bicyclic) bond motifs is 3. The summed E-state index contributed by atoms with van der Waals surface area (Å²) in [4.78, 5) is 13.9. The zero-order chi connectivity index (χ0) is 22.0. The Hall–Kier alpha value is -2.48. The molecule has 1 heterocycles. The molecule has 0 fully saturated rings. The second-order valence-corrected chi connectivity index (χ2v) is 10.6. The lowest BCUT2D eigenvalue weighted by molar-refractivity contribution is -0.119. The molecule has 4 rings (SSSR count). The van der Waals surface area contributed by atoms with Gasteiger partial charge in [-0.25, -0.2) is 8.42 Å².